The van der Waals surface area contributed by atoms with Crippen LogP contribution in [0.5, 0.6) is 11.5 Å². The molecule has 1 heterocycles. The number of anilines is 1. The summed E-state index contributed by atoms with van der Waals surface area (Å²) in [6.45, 7) is 0. The van der Waals surface area contributed by atoms with Crippen molar-refractivity contribution in [2.75, 3.05) is 19.5 Å². The number of hydrogen-bond acceptors (Lipinski definition) is 4. The van der Waals surface area contributed by atoms with Crippen LogP contribution >= 0.6 is 15.9 Å². The van der Waals surface area contributed by atoms with Crippen molar-refractivity contribution in [2.24, 2.45) is 0 Å². The van der Waals surface area contributed by atoms with Gasteiger partial charge in [0.2, 0.25) is 0 Å². The van der Waals surface area contributed by atoms with Crippen LogP contribution in [0.2, 0.25) is 0 Å². The van der Waals surface area contributed by atoms with E-state index in [4.69, 9.17) is 9.47 Å². The lowest BCUT2D eigenvalue weighted by Crippen LogP contribution is -2.13. The predicted octanol–water partition coefficient (Wildman–Crippen LogP) is 3.11. The second kappa shape index (κ2) is 6.38. The number of nitrogens with one attached hydrogen (secondary N) is 1. The van der Waals surface area contributed by atoms with Crippen LogP contribution in [0.1, 0.15) is 10.4 Å². The third-order valence-corrected chi connectivity index (χ3v) is 3.08. The molecule has 0 unspecified atom stereocenters. The fourth-order valence-electron chi connectivity index (χ4n) is 1.62. The van der Waals surface area contributed by atoms with Crippen molar-refractivity contribution in [3.63, 3.8) is 0 Å². The molecule has 0 aliphatic carbocycles. The molecular weight excluding hydrogens is 324 g/mol. The first kappa shape index (κ1) is 14.3. The van der Waals surface area contributed by atoms with E-state index in [0.29, 0.717) is 22.9 Å². The Kier molecular flexibility index (Phi) is 4.57. The Balaban J connectivity index is 2.18. The highest BCUT2D eigenvalue weighted by atomic mass is 79.9. The van der Waals surface area contributed by atoms with Crippen molar-refractivity contribution >= 4 is 27.7 Å². The molecule has 0 bridgehead atoms. The van der Waals surface area contributed by atoms with E-state index < -0.39 is 0 Å². The van der Waals surface area contributed by atoms with Gasteiger partial charge >= 0.3 is 0 Å². The molecule has 2 aromatic rings. The molecule has 1 aromatic heterocycles. The van der Waals surface area contributed by atoms with E-state index in [0.717, 1.165) is 4.47 Å². The summed E-state index contributed by atoms with van der Waals surface area (Å²) in [6.07, 6.45) is 1.62. The molecular formula is C14H13BrN2O3. The number of nitrogens with zero attached hydrogens (tertiary/aromatic N) is 1. The number of benzene rings is 1. The maximum Gasteiger partial charge on any atom is 0.256 e. The van der Waals surface area contributed by atoms with Gasteiger partial charge in [-0.15, -0.1) is 0 Å². The minimum atomic E-state index is -0.263. The molecule has 0 spiro atoms. The van der Waals surface area contributed by atoms with E-state index in [1.807, 2.05) is 0 Å². The maximum absolute atomic E-state index is 12.1. The normalized spacial score (nSPS) is 9.95. The van der Waals surface area contributed by atoms with Crippen molar-refractivity contribution in [1.82, 2.24) is 4.98 Å². The summed E-state index contributed by atoms with van der Waals surface area (Å²) in [4.78, 5) is 16.2. The van der Waals surface area contributed by atoms with E-state index in [2.05, 4.69) is 26.2 Å². The minimum Gasteiger partial charge on any atom is -0.493 e. The fraction of sp³-hybridized carbons (Fsp3) is 0.143. The molecule has 0 fully saturated rings. The Labute approximate surface area is 125 Å². The summed E-state index contributed by atoms with van der Waals surface area (Å²) in [6, 6.07) is 8.48. The zero-order chi connectivity index (χ0) is 14.5. The van der Waals surface area contributed by atoms with Gasteiger partial charge in [0.1, 0.15) is 5.82 Å². The highest BCUT2D eigenvalue weighted by Gasteiger charge is 2.11. The monoisotopic (exact) mass is 336 g/mol. The van der Waals surface area contributed by atoms with Gasteiger partial charge in [0.15, 0.2) is 11.5 Å². The molecule has 1 aromatic carbocycles. The van der Waals surface area contributed by atoms with Crippen LogP contribution in [0.4, 0.5) is 5.82 Å². The predicted molar refractivity (Wildman–Crippen MR) is 79.4 cm³/mol. The zero-order valence-electron chi connectivity index (χ0n) is 11.0. The smallest absolute Gasteiger partial charge is 0.256 e. The lowest BCUT2D eigenvalue weighted by atomic mass is 10.2. The molecule has 1 amide bonds. The molecule has 5 nitrogen and oxygen atoms in total. The second-order valence-electron chi connectivity index (χ2n) is 3.89. The topological polar surface area (TPSA) is 60.5 Å². The van der Waals surface area contributed by atoms with Gasteiger partial charge in [0.25, 0.3) is 5.91 Å². The van der Waals surface area contributed by atoms with Crippen molar-refractivity contribution in [3.05, 3.63) is 46.6 Å². The molecule has 0 saturated carbocycles. The highest BCUT2D eigenvalue weighted by Crippen LogP contribution is 2.27. The van der Waals surface area contributed by atoms with Gasteiger partial charge < -0.3 is 14.8 Å². The third-order valence-electron chi connectivity index (χ3n) is 2.61. The second-order valence-corrected chi connectivity index (χ2v) is 4.80. The summed E-state index contributed by atoms with van der Waals surface area (Å²) in [5.41, 5.74) is 0.465. The van der Waals surface area contributed by atoms with Gasteiger partial charge in [-0.05, 0) is 46.3 Å². The standard InChI is InChI=1S/C14H13BrN2O3/c1-19-11-5-3-9(7-12(11)20-2)14(18)17-13-6-4-10(15)8-16-13/h3-8H,1-2H3,(H,16,17,18). The van der Waals surface area contributed by atoms with Crippen LogP contribution in [0.3, 0.4) is 0 Å². The SMILES string of the molecule is COc1ccc(C(=O)Nc2ccc(Br)cn2)cc1OC. The van der Waals surface area contributed by atoms with Crippen molar-refractivity contribution in [3.8, 4) is 11.5 Å². The Morgan fingerprint density at radius 3 is 2.50 bits per heavy atom. The number of pyridine rings is 1. The molecule has 6 heteroatoms. The number of methoxy groups -OCH3 is 2. The van der Waals surface area contributed by atoms with Gasteiger partial charge in [0.05, 0.1) is 14.2 Å². The summed E-state index contributed by atoms with van der Waals surface area (Å²) >= 11 is 3.29. The van der Waals surface area contributed by atoms with Gasteiger partial charge in [-0.3, -0.25) is 4.79 Å². The molecule has 0 aliphatic rings. The number of carbonyl (C=O) groups excluding carboxylic acids is 1. The van der Waals surface area contributed by atoms with Crippen molar-refractivity contribution in [2.45, 2.75) is 0 Å². The Bertz CT molecular complexity index is 614. The van der Waals surface area contributed by atoms with Gasteiger partial charge in [-0.1, -0.05) is 0 Å². The van der Waals surface area contributed by atoms with Crippen LogP contribution in [0.25, 0.3) is 0 Å². The van der Waals surface area contributed by atoms with Crippen LogP contribution in [0, 0.1) is 0 Å². The number of halogens is 1. The van der Waals surface area contributed by atoms with E-state index in [9.17, 15) is 4.79 Å². The maximum atomic E-state index is 12.1. The highest BCUT2D eigenvalue weighted by molar-refractivity contribution is 9.10. The van der Waals surface area contributed by atoms with Crippen molar-refractivity contribution in [1.29, 1.82) is 0 Å². The molecule has 2 rings (SSSR count). The van der Waals surface area contributed by atoms with Gasteiger partial charge in [-0.25, -0.2) is 4.98 Å². The lowest BCUT2D eigenvalue weighted by molar-refractivity contribution is 0.102. The number of hydrogen-bond donors (Lipinski definition) is 1. The number of aromatic nitrogens is 1. The molecule has 104 valence electrons. The number of carbonyl (C=O) groups is 1. The minimum absolute atomic E-state index is 0.263. The van der Waals surface area contributed by atoms with E-state index in [1.165, 1.54) is 7.11 Å². The summed E-state index contributed by atoms with van der Waals surface area (Å²) in [5, 5.41) is 2.71. The Morgan fingerprint density at radius 2 is 1.90 bits per heavy atom. The average molecular weight is 337 g/mol. The molecule has 0 saturated heterocycles. The van der Waals surface area contributed by atoms with Gasteiger partial charge in [0, 0.05) is 16.2 Å². The number of rotatable bonds is 4. The first-order valence-corrected chi connectivity index (χ1v) is 6.58. The molecule has 20 heavy (non-hydrogen) atoms. The Hall–Kier alpha value is -2.08. The summed E-state index contributed by atoms with van der Waals surface area (Å²) in [7, 11) is 3.07. The number of amides is 1. The van der Waals surface area contributed by atoms with E-state index in [1.54, 1.807) is 43.6 Å². The third kappa shape index (κ3) is 3.27. The van der Waals surface area contributed by atoms with E-state index in [-0.39, 0.29) is 5.91 Å². The quantitative estimate of drug-likeness (QED) is 0.931. The van der Waals surface area contributed by atoms with Crippen LogP contribution in [-0.4, -0.2) is 25.1 Å². The molecule has 0 radical (unpaired) electrons. The largest absolute Gasteiger partial charge is 0.493 e. The van der Waals surface area contributed by atoms with Crippen LogP contribution in [0.15, 0.2) is 41.0 Å². The molecule has 0 atom stereocenters. The first-order valence-electron chi connectivity index (χ1n) is 5.79. The summed E-state index contributed by atoms with van der Waals surface area (Å²) < 4.78 is 11.1. The molecule has 0 aliphatic heterocycles. The lowest BCUT2D eigenvalue weighted by Gasteiger charge is -2.09. The van der Waals surface area contributed by atoms with Gasteiger partial charge in [-0.2, -0.15) is 0 Å². The number of ether oxygens (including phenoxy) is 2. The fourth-order valence-corrected chi connectivity index (χ4v) is 1.85. The van der Waals surface area contributed by atoms with Crippen LogP contribution < -0.4 is 14.8 Å². The molecule has 1 N–H and O–H groups in total. The van der Waals surface area contributed by atoms with E-state index >= 15 is 0 Å². The summed E-state index contributed by atoms with van der Waals surface area (Å²) in [5.74, 6) is 1.29. The average Bonchev–Trinajstić information content (AvgIpc) is 2.48. The van der Waals surface area contributed by atoms with Crippen molar-refractivity contribution < 1.29 is 14.3 Å². The zero-order valence-corrected chi connectivity index (χ0v) is 12.6. The first-order chi connectivity index (χ1) is 9.63. The Morgan fingerprint density at radius 1 is 1.15 bits per heavy atom. The van der Waals surface area contributed by atoms with Crippen LogP contribution in [-0.2, 0) is 0 Å².